The molecule has 0 saturated heterocycles. The maximum Gasteiger partial charge on any atom is 0.184 e. The van der Waals surface area contributed by atoms with Gasteiger partial charge in [0.05, 0.1) is 25.0 Å². The molecule has 126 valence electrons. The molecule has 0 aromatic carbocycles. The summed E-state index contributed by atoms with van der Waals surface area (Å²) in [5.41, 5.74) is 1.19. The zero-order valence-corrected chi connectivity index (χ0v) is 12.9. The lowest BCUT2D eigenvalue weighted by Crippen LogP contribution is -2.16. The van der Waals surface area contributed by atoms with Crippen LogP contribution >= 0.6 is 0 Å². The molecule has 1 aliphatic carbocycles. The van der Waals surface area contributed by atoms with E-state index >= 15 is 0 Å². The molecule has 0 amide bonds. The molecule has 9 heteroatoms. The predicted octanol–water partition coefficient (Wildman–Crippen LogP) is 0.731. The first-order valence-electron chi connectivity index (χ1n) is 7.87. The monoisotopic (exact) mass is 330 g/mol. The highest BCUT2D eigenvalue weighted by molar-refractivity contribution is 5.81. The smallest absolute Gasteiger partial charge is 0.184 e. The molecule has 3 N–H and O–H groups in total. The Labute approximate surface area is 137 Å². The Kier molecular flexibility index (Phi) is 3.87. The van der Waals surface area contributed by atoms with Crippen LogP contribution in [0.25, 0.3) is 11.2 Å². The van der Waals surface area contributed by atoms with Gasteiger partial charge in [0.25, 0.3) is 0 Å². The lowest BCUT2D eigenvalue weighted by molar-refractivity contribution is 0.0906. The van der Waals surface area contributed by atoms with Gasteiger partial charge in [0, 0.05) is 12.5 Å². The first-order valence-corrected chi connectivity index (χ1v) is 7.87. The van der Waals surface area contributed by atoms with Gasteiger partial charge in [-0.15, -0.1) is 5.10 Å². The summed E-state index contributed by atoms with van der Waals surface area (Å²) in [7, 11) is 0. The number of fused-ring (bicyclic) bond motifs is 1. The number of nitrogens with one attached hydrogen (secondary N) is 1. The number of furan rings is 1. The van der Waals surface area contributed by atoms with Gasteiger partial charge in [-0.1, -0.05) is 5.21 Å². The van der Waals surface area contributed by atoms with E-state index in [1.807, 2.05) is 12.1 Å². The predicted molar refractivity (Wildman–Crippen MR) is 84.0 cm³/mol. The van der Waals surface area contributed by atoms with E-state index in [4.69, 9.17) is 4.42 Å². The second-order valence-electron chi connectivity index (χ2n) is 6.00. The Morgan fingerprint density at radius 1 is 1.33 bits per heavy atom. The Bertz CT molecular complexity index is 818. The molecule has 0 aliphatic heterocycles. The van der Waals surface area contributed by atoms with E-state index in [0.29, 0.717) is 36.4 Å². The fourth-order valence-electron chi connectivity index (χ4n) is 3.19. The zero-order chi connectivity index (χ0) is 16.5. The van der Waals surface area contributed by atoms with Gasteiger partial charge < -0.3 is 19.9 Å². The van der Waals surface area contributed by atoms with Crippen LogP contribution in [-0.2, 0) is 6.54 Å². The number of aliphatic hydroxyl groups excluding tert-OH is 2. The van der Waals surface area contributed by atoms with Gasteiger partial charge in [-0.2, -0.15) is 0 Å². The van der Waals surface area contributed by atoms with E-state index in [1.165, 1.54) is 6.33 Å². The number of aliphatic hydroxyl groups is 2. The van der Waals surface area contributed by atoms with Crippen LogP contribution in [0.2, 0.25) is 0 Å². The molecule has 3 unspecified atom stereocenters. The Hall–Kier alpha value is -2.52. The largest absolute Gasteiger partial charge is 0.467 e. The highest BCUT2D eigenvalue weighted by Gasteiger charge is 2.35. The normalized spacial score (nSPS) is 23.8. The highest BCUT2D eigenvalue weighted by atomic mass is 16.3. The van der Waals surface area contributed by atoms with E-state index in [2.05, 4.69) is 25.6 Å². The summed E-state index contributed by atoms with van der Waals surface area (Å²) in [6.07, 6.45) is 3.73. The molecule has 3 aromatic rings. The van der Waals surface area contributed by atoms with Crippen molar-refractivity contribution in [1.29, 1.82) is 0 Å². The molecule has 9 nitrogen and oxygen atoms in total. The molecule has 4 rings (SSSR count). The van der Waals surface area contributed by atoms with E-state index in [0.717, 1.165) is 5.76 Å². The van der Waals surface area contributed by atoms with Gasteiger partial charge in [0.1, 0.15) is 12.1 Å². The molecule has 1 saturated carbocycles. The van der Waals surface area contributed by atoms with Crippen LogP contribution in [0.5, 0.6) is 0 Å². The SMILES string of the molecule is OCC1CC(n2nnc3c(NCc4ccco4)ncnc32)CC1O. The third-order valence-electron chi connectivity index (χ3n) is 4.48. The molecule has 0 spiro atoms. The van der Waals surface area contributed by atoms with Crippen LogP contribution in [0.15, 0.2) is 29.1 Å². The Morgan fingerprint density at radius 2 is 2.25 bits per heavy atom. The van der Waals surface area contributed by atoms with Crippen LogP contribution in [0.3, 0.4) is 0 Å². The first-order chi connectivity index (χ1) is 11.8. The van der Waals surface area contributed by atoms with Gasteiger partial charge in [-0.3, -0.25) is 0 Å². The third kappa shape index (κ3) is 2.61. The first kappa shape index (κ1) is 15.0. The Morgan fingerprint density at radius 3 is 3.00 bits per heavy atom. The minimum absolute atomic E-state index is 0.0324. The molecule has 3 aromatic heterocycles. The quantitative estimate of drug-likeness (QED) is 0.626. The number of aromatic nitrogens is 5. The van der Waals surface area contributed by atoms with E-state index in [1.54, 1.807) is 10.9 Å². The molecule has 1 fully saturated rings. The summed E-state index contributed by atoms with van der Waals surface area (Å²) in [4.78, 5) is 8.51. The summed E-state index contributed by atoms with van der Waals surface area (Å²) in [6, 6.07) is 3.67. The average molecular weight is 330 g/mol. The highest BCUT2D eigenvalue weighted by Crippen LogP contribution is 2.35. The summed E-state index contributed by atoms with van der Waals surface area (Å²) in [5, 5.41) is 30.9. The standard InChI is InChI=1S/C15H18N6O3/c22-7-9-4-10(5-12(9)23)21-15-13(19-20-21)14(17-8-18-15)16-6-11-2-1-3-24-11/h1-3,8-10,12,22-23H,4-7H2,(H,16,17,18). The summed E-state index contributed by atoms with van der Waals surface area (Å²) < 4.78 is 7.01. The minimum atomic E-state index is -0.530. The van der Waals surface area contributed by atoms with Gasteiger partial charge >= 0.3 is 0 Å². The van der Waals surface area contributed by atoms with Crippen molar-refractivity contribution < 1.29 is 14.6 Å². The molecular formula is C15H18N6O3. The second-order valence-corrected chi connectivity index (χ2v) is 6.00. The average Bonchev–Trinajstić information content (AvgIpc) is 3.32. The van der Waals surface area contributed by atoms with Gasteiger partial charge in [-0.25, -0.2) is 14.6 Å². The molecule has 3 atom stereocenters. The van der Waals surface area contributed by atoms with Crippen LogP contribution < -0.4 is 5.32 Å². The van der Waals surface area contributed by atoms with Crippen LogP contribution in [-0.4, -0.2) is 47.9 Å². The summed E-state index contributed by atoms with van der Waals surface area (Å²) >= 11 is 0. The molecule has 0 radical (unpaired) electrons. The minimum Gasteiger partial charge on any atom is -0.467 e. The maximum absolute atomic E-state index is 10.00. The van der Waals surface area contributed by atoms with E-state index in [-0.39, 0.29) is 18.6 Å². The maximum atomic E-state index is 10.00. The van der Waals surface area contributed by atoms with Crippen LogP contribution in [0, 0.1) is 5.92 Å². The number of hydrogen-bond donors (Lipinski definition) is 3. The van der Waals surface area contributed by atoms with Gasteiger partial charge in [0.15, 0.2) is 17.0 Å². The second kappa shape index (κ2) is 6.17. The summed E-state index contributed by atoms with van der Waals surface area (Å²) in [5.74, 6) is 1.24. The molecule has 0 bridgehead atoms. The Balaban J connectivity index is 1.59. The molecule has 3 heterocycles. The number of nitrogens with zero attached hydrogens (tertiary/aromatic N) is 5. The fraction of sp³-hybridized carbons (Fsp3) is 0.467. The van der Waals surface area contributed by atoms with Crippen molar-refractivity contribution in [1.82, 2.24) is 25.0 Å². The van der Waals surface area contributed by atoms with Crippen molar-refractivity contribution in [3.05, 3.63) is 30.5 Å². The van der Waals surface area contributed by atoms with E-state index in [9.17, 15) is 10.2 Å². The van der Waals surface area contributed by atoms with Crippen molar-refractivity contribution >= 4 is 17.0 Å². The third-order valence-corrected chi connectivity index (χ3v) is 4.48. The summed E-state index contributed by atoms with van der Waals surface area (Å²) in [6.45, 7) is 0.454. The molecule has 1 aliphatic rings. The van der Waals surface area contributed by atoms with Gasteiger partial charge in [-0.05, 0) is 25.0 Å². The fourth-order valence-corrected chi connectivity index (χ4v) is 3.19. The topological polar surface area (TPSA) is 122 Å². The van der Waals surface area contributed by atoms with Crippen LogP contribution in [0.4, 0.5) is 5.82 Å². The van der Waals surface area contributed by atoms with E-state index < -0.39 is 6.10 Å². The number of anilines is 1. The molecular weight excluding hydrogens is 312 g/mol. The van der Waals surface area contributed by atoms with Crippen molar-refractivity contribution in [3.8, 4) is 0 Å². The van der Waals surface area contributed by atoms with Crippen LogP contribution in [0.1, 0.15) is 24.6 Å². The zero-order valence-electron chi connectivity index (χ0n) is 12.9. The number of hydrogen-bond acceptors (Lipinski definition) is 8. The number of rotatable bonds is 5. The molecule has 24 heavy (non-hydrogen) atoms. The van der Waals surface area contributed by atoms with Gasteiger partial charge in [0.2, 0.25) is 0 Å². The van der Waals surface area contributed by atoms with Crippen molar-refractivity contribution in [2.75, 3.05) is 11.9 Å². The lowest BCUT2D eigenvalue weighted by atomic mass is 10.1. The van der Waals surface area contributed by atoms with Crippen molar-refractivity contribution in [2.24, 2.45) is 5.92 Å². The van der Waals surface area contributed by atoms with Crippen molar-refractivity contribution in [2.45, 2.75) is 31.5 Å². The lowest BCUT2D eigenvalue weighted by Gasteiger charge is -2.10. The van der Waals surface area contributed by atoms with Crippen molar-refractivity contribution in [3.63, 3.8) is 0 Å².